The van der Waals surface area contributed by atoms with E-state index in [4.69, 9.17) is 0 Å². The fraction of sp³-hybridized carbons (Fsp3) is 0.0625. The first kappa shape index (κ1) is 11.5. The Bertz CT molecular complexity index is 760. The van der Waals surface area contributed by atoms with Crippen molar-refractivity contribution < 1.29 is 4.79 Å². The van der Waals surface area contributed by atoms with Crippen LogP contribution < -0.4 is 0 Å². The molecule has 3 rings (SSSR count). The SMILES string of the molecule is CC(=O)c1nccc(-c2cccc3ccccc23)n1. The zero-order valence-corrected chi connectivity index (χ0v) is 10.5. The van der Waals surface area contributed by atoms with Crippen LogP contribution in [0, 0.1) is 0 Å². The topological polar surface area (TPSA) is 42.9 Å². The van der Waals surface area contributed by atoms with E-state index in [0.29, 0.717) is 0 Å². The van der Waals surface area contributed by atoms with E-state index in [-0.39, 0.29) is 11.6 Å². The van der Waals surface area contributed by atoms with Crippen LogP contribution in [-0.4, -0.2) is 15.8 Å². The Morgan fingerprint density at radius 3 is 2.63 bits per heavy atom. The maximum absolute atomic E-state index is 11.4. The van der Waals surface area contributed by atoms with Crippen molar-refractivity contribution in [2.75, 3.05) is 0 Å². The van der Waals surface area contributed by atoms with Gasteiger partial charge in [0.15, 0.2) is 11.6 Å². The van der Waals surface area contributed by atoms with Gasteiger partial charge in [0, 0.05) is 18.7 Å². The predicted octanol–water partition coefficient (Wildman–Crippen LogP) is 3.50. The van der Waals surface area contributed by atoms with Gasteiger partial charge in [-0.25, -0.2) is 9.97 Å². The van der Waals surface area contributed by atoms with Gasteiger partial charge in [-0.15, -0.1) is 0 Å². The first-order valence-electron chi connectivity index (χ1n) is 6.08. The maximum atomic E-state index is 11.4. The smallest absolute Gasteiger partial charge is 0.196 e. The van der Waals surface area contributed by atoms with Gasteiger partial charge in [-0.2, -0.15) is 0 Å². The van der Waals surface area contributed by atoms with Crippen molar-refractivity contribution in [2.45, 2.75) is 6.92 Å². The largest absolute Gasteiger partial charge is 0.291 e. The lowest BCUT2D eigenvalue weighted by Gasteiger charge is -2.06. The van der Waals surface area contributed by atoms with Gasteiger partial charge in [0.2, 0.25) is 0 Å². The number of hydrogen-bond donors (Lipinski definition) is 0. The summed E-state index contributed by atoms with van der Waals surface area (Å²) in [6, 6.07) is 16.0. The first-order valence-corrected chi connectivity index (χ1v) is 6.08. The number of fused-ring (bicyclic) bond motifs is 1. The van der Waals surface area contributed by atoms with Gasteiger partial charge in [-0.05, 0) is 16.8 Å². The Morgan fingerprint density at radius 1 is 1.00 bits per heavy atom. The highest BCUT2D eigenvalue weighted by Gasteiger charge is 2.08. The van der Waals surface area contributed by atoms with Crippen LogP contribution in [0.4, 0.5) is 0 Å². The third-order valence-electron chi connectivity index (χ3n) is 3.04. The highest BCUT2D eigenvalue weighted by molar-refractivity contribution is 5.96. The molecule has 0 aliphatic rings. The summed E-state index contributed by atoms with van der Waals surface area (Å²) >= 11 is 0. The second-order valence-corrected chi connectivity index (χ2v) is 4.35. The summed E-state index contributed by atoms with van der Waals surface area (Å²) in [6.45, 7) is 1.47. The lowest BCUT2D eigenvalue weighted by molar-refractivity contribution is 0.100. The standard InChI is InChI=1S/C16H12N2O/c1-11(19)16-17-10-9-15(18-16)14-8-4-6-12-5-2-3-7-13(12)14/h2-10H,1H3. The molecule has 0 unspecified atom stereocenters. The van der Waals surface area contributed by atoms with Gasteiger partial charge in [-0.1, -0.05) is 42.5 Å². The zero-order valence-electron chi connectivity index (χ0n) is 10.5. The molecule has 0 fully saturated rings. The van der Waals surface area contributed by atoms with E-state index in [1.807, 2.05) is 30.3 Å². The van der Waals surface area contributed by atoms with E-state index in [1.54, 1.807) is 6.20 Å². The molecule has 1 heterocycles. The van der Waals surface area contributed by atoms with Gasteiger partial charge in [-0.3, -0.25) is 4.79 Å². The lowest BCUT2D eigenvalue weighted by Crippen LogP contribution is -2.01. The number of ketones is 1. The lowest BCUT2D eigenvalue weighted by atomic mass is 10.0. The van der Waals surface area contributed by atoms with Crippen molar-refractivity contribution >= 4 is 16.6 Å². The van der Waals surface area contributed by atoms with Gasteiger partial charge in [0.05, 0.1) is 5.69 Å². The number of hydrogen-bond acceptors (Lipinski definition) is 3. The molecule has 1 aromatic heterocycles. The van der Waals surface area contributed by atoms with Gasteiger partial charge in [0.1, 0.15) is 0 Å². The van der Waals surface area contributed by atoms with Crippen LogP contribution >= 0.6 is 0 Å². The van der Waals surface area contributed by atoms with Crippen molar-refractivity contribution in [3.05, 3.63) is 60.6 Å². The number of benzene rings is 2. The maximum Gasteiger partial charge on any atom is 0.196 e. The van der Waals surface area contributed by atoms with Crippen molar-refractivity contribution in [3.8, 4) is 11.3 Å². The van der Waals surface area contributed by atoms with E-state index in [2.05, 4.69) is 28.2 Å². The Hall–Kier alpha value is -2.55. The molecule has 0 amide bonds. The predicted molar refractivity (Wildman–Crippen MR) is 75.0 cm³/mol. The van der Waals surface area contributed by atoms with Crippen LogP contribution in [0.25, 0.3) is 22.0 Å². The number of nitrogens with zero attached hydrogens (tertiary/aromatic N) is 2. The number of rotatable bonds is 2. The van der Waals surface area contributed by atoms with Crippen molar-refractivity contribution in [1.82, 2.24) is 9.97 Å². The summed E-state index contributed by atoms with van der Waals surface area (Å²) < 4.78 is 0. The Morgan fingerprint density at radius 2 is 1.79 bits per heavy atom. The molecular weight excluding hydrogens is 236 g/mol. The van der Waals surface area contributed by atoms with E-state index >= 15 is 0 Å². The fourth-order valence-corrected chi connectivity index (χ4v) is 2.13. The normalized spacial score (nSPS) is 10.6. The number of carbonyl (C=O) groups is 1. The molecule has 0 saturated carbocycles. The average molecular weight is 248 g/mol. The molecule has 0 atom stereocenters. The van der Waals surface area contributed by atoms with Crippen molar-refractivity contribution in [1.29, 1.82) is 0 Å². The molecule has 2 aromatic carbocycles. The number of aromatic nitrogens is 2. The van der Waals surface area contributed by atoms with Crippen LogP contribution in [0.3, 0.4) is 0 Å². The third kappa shape index (κ3) is 2.10. The molecule has 19 heavy (non-hydrogen) atoms. The highest BCUT2D eigenvalue weighted by Crippen LogP contribution is 2.26. The number of Topliss-reactive ketones (excluding diaryl/α,β-unsaturated/α-hetero) is 1. The monoisotopic (exact) mass is 248 g/mol. The molecule has 3 aromatic rings. The molecular formula is C16H12N2O. The molecule has 0 N–H and O–H groups in total. The molecule has 0 radical (unpaired) electrons. The summed E-state index contributed by atoms with van der Waals surface area (Å²) in [6.07, 6.45) is 1.63. The van der Waals surface area contributed by atoms with Crippen molar-refractivity contribution in [2.24, 2.45) is 0 Å². The quantitative estimate of drug-likeness (QED) is 0.652. The van der Waals surface area contributed by atoms with E-state index < -0.39 is 0 Å². The molecule has 0 spiro atoms. The van der Waals surface area contributed by atoms with E-state index in [1.165, 1.54) is 6.92 Å². The van der Waals surface area contributed by atoms with E-state index in [0.717, 1.165) is 22.0 Å². The van der Waals surface area contributed by atoms with Crippen molar-refractivity contribution in [3.63, 3.8) is 0 Å². The Labute approximate surface area is 111 Å². The molecule has 0 aliphatic carbocycles. The van der Waals surface area contributed by atoms with Gasteiger partial charge in [0.25, 0.3) is 0 Å². The molecule has 0 bridgehead atoms. The molecule has 0 saturated heterocycles. The molecule has 92 valence electrons. The van der Waals surface area contributed by atoms with E-state index in [9.17, 15) is 4.79 Å². The van der Waals surface area contributed by atoms with Crippen LogP contribution in [0.1, 0.15) is 17.5 Å². The molecule has 3 heteroatoms. The summed E-state index contributed by atoms with van der Waals surface area (Å²) in [7, 11) is 0. The zero-order chi connectivity index (χ0) is 13.2. The summed E-state index contributed by atoms with van der Waals surface area (Å²) in [4.78, 5) is 19.7. The van der Waals surface area contributed by atoms with Crippen LogP contribution in [0.15, 0.2) is 54.7 Å². The summed E-state index contributed by atoms with van der Waals surface area (Å²) in [5.41, 5.74) is 1.79. The minimum atomic E-state index is -0.123. The second kappa shape index (κ2) is 4.61. The Balaban J connectivity index is 2.24. The van der Waals surface area contributed by atoms with Crippen LogP contribution in [0.2, 0.25) is 0 Å². The molecule has 3 nitrogen and oxygen atoms in total. The Kier molecular flexibility index (Phi) is 2.80. The summed E-state index contributed by atoms with van der Waals surface area (Å²) in [5, 5.41) is 2.28. The molecule has 0 aliphatic heterocycles. The third-order valence-corrected chi connectivity index (χ3v) is 3.04. The minimum Gasteiger partial charge on any atom is -0.291 e. The fourth-order valence-electron chi connectivity index (χ4n) is 2.13. The highest BCUT2D eigenvalue weighted by atomic mass is 16.1. The number of carbonyl (C=O) groups excluding carboxylic acids is 1. The van der Waals surface area contributed by atoms with Gasteiger partial charge < -0.3 is 0 Å². The second-order valence-electron chi connectivity index (χ2n) is 4.35. The first-order chi connectivity index (χ1) is 9.25. The summed E-state index contributed by atoms with van der Waals surface area (Å²) in [5.74, 6) is 0.132. The van der Waals surface area contributed by atoms with Crippen LogP contribution in [-0.2, 0) is 0 Å². The van der Waals surface area contributed by atoms with Crippen LogP contribution in [0.5, 0.6) is 0 Å². The minimum absolute atomic E-state index is 0.123. The average Bonchev–Trinajstić information content (AvgIpc) is 2.47. The van der Waals surface area contributed by atoms with Gasteiger partial charge >= 0.3 is 0 Å².